The van der Waals surface area contributed by atoms with Gasteiger partial charge < -0.3 is 10.1 Å². The lowest BCUT2D eigenvalue weighted by molar-refractivity contribution is 0.0168. The molecule has 0 radical (unpaired) electrons. The molecular formula is C17H23N3OS. The van der Waals surface area contributed by atoms with Gasteiger partial charge in [0.1, 0.15) is 0 Å². The molecule has 118 valence electrons. The van der Waals surface area contributed by atoms with Gasteiger partial charge in [0.25, 0.3) is 0 Å². The minimum absolute atomic E-state index is 0.423. The number of hydrogen-bond donors (Lipinski definition) is 1. The average Bonchev–Trinajstić information content (AvgIpc) is 2.99. The van der Waals surface area contributed by atoms with E-state index in [0.29, 0.717) is 6.04 Å². The number of nitrogens with one attached hydrogen (secondary N) is 1. The van der Waals surface area contributed by atoms with Gasteiger partial charge in [0.2, 0.25) is 0 Å². The van der Waals surface area contributed by atoms with Crippen LogP contribution in [0.2, 0.25) is 0 Å². The molecule has 2 aromatic rings. The molecule has 0 amide bonds. The molecule has 3 heterocycles. The molecule has 1 saturated heterocycles. The fourth-order valence-electron chi connectivity index (χ4n) is 2.77. The van der Waals surface area contributed by atoms with Crippen LogP contribution in [0.25, 0.3) is 0 Å². The molecule has 4 nitrogen and oxygen atoms in total. The Morgan fingerprint density at radius 2 is 2.14 bits per heavy atom. The summed E-state index contributed by atoms with van der Waals surface area (Å²) in [6.07, 6.45) is 1.85. The van der Waals surface area contributed by atoms with Crippen molar-refractivity contribution in [3.8, 4) is 0 Å². The summed E-state index contributed by atoms with van der Waals surface area (Å²) in [6, 6.07) is 11.0. The zero-order chi connectivity index (χ0) is 15.2. The summed E-state index contributed by atoms with van der Waals surface area (Å²) in [5, 5.41) is 3.57. The molecule has 22 heavy (non-hydrogen) atoms. The molecule has 0 aliphatic carbocycles. The third kappa shape index (κ3) is 4.14. The standard InChI is InChI=1S/C17H23N3OS/c1-14-5-6-17(22-14)16(20-8-10-21-11-9-20)13-18-12-15-4-2-3-7-19-15/h2-7,16,18H,8-13H2,1H3/t16-/m0/s1. The highest BCUT2D eigenvalue weighted by atomic mass is 32.1. The van der Waals surface area contributed by atoms with Crippen molar-refractivity contribution in [1.82, 2.24) is 15.2 Å². The number of aromatic nitrogens is 1. The van der Waals surface area contributed by atoms with Gasteiger partial charge >= 0.3 is 0 Å². The molecule has 3 rings (SSSR count). The van der Waals surface area contributed by atoms with Crippen LogP contribution in [0.3, 0.4) is 0 Å². The molecule has 0 saturated carbocycles. The lowest BCUT2D eigenvalue weighted by atomic mass is 10.2. The number of thiophene rings is 1. The van der Waals surface area contributed by atoms with Crippen LogP contribution >= 0.6 is 11.3 Å². The predicted molar refractivity (Wildman–Crippen MR) is 90.1 cm³/mol. The predicted octanol–water partition coefficient (Wildman–Crippen LogP) is 2.61. The van der Waals surface area contributed by atoms with Crippen molar-refractivity contribution in [1.29, 1.82) is 0 Å². The van der Waals surface area contributed by atoms with E-state index >= 15 is 0 Å². The van der Waals surface area contributed by atoms with Gasteiger partial charge in [0.05, 0.1) is 24.9 Å². The molecule has 0 spiro atoms. The van der Waals surface area contributed by atoms with Gasteiger partial charge in [0.15, 0.2) is 0 Å². The minimum Gasteiger partial charge on any atom is -0.379 e. The highest BCUT2D eigenvalue weighted by Crippen LogP contribution is 2.27. The van der Waals surface area contributed by atoms with Crippen LogP contribution in [0.4, 0.5) is 0 Å². The van der Waals surface area contributed by atoms with Crippen molar-refractivity contribution in [2.75, 3.05) is 32.8 Å². The topological polar surface area (TPSA) is 37.4 Å². The van der Waals surface area contributed by atoms with Crippen LogP contribution in [0, 0.1) is 6.92 Å². The second-order valence-corrected chi connectivity index (χ2v) is 6.88. The highest BCUT2D eigenvalue weighted by Gasteiger charge is 2.23. The van der Waals surface area contributed by atoms with Crippen molar-refractivity contribution >= 4 is 11.3 Å². The number of ether oxygens (including phenoxy) is 1. The van der Waals surface area contributed by atoms with E-state index in [0.717, 1.165) is 45.1 Å². The van der Waals surface area contributed by atoms with Crippen molar-refractivity contribution < 1.29 is 4.74 Å². The third-order valence-electron chi connectivity index (χ3n) is 3.95. The summed E-state index contributed by atoms with van der Waals surface area (Å²) in [5.74, 6) is 0. The lowest BCUT2D eigenvalue weighted by Crippen LogP contribution is -2.42. The molecule has 0 aromatic carbocycles. The van der Waals surface area contributed by atoms with Crippen LogP contribution in [0.5, 0.6) is 0 Å². The van der Waals surface area contributed by atoms with Gasteiger partial charge in [-0.1, -0.05) is 6.07 Å². The van der Waals surface area contributed by atoms with Crippen LogP contribution in [-0.2, 0) is 11.3 Å². The van der Waals surface area contributed by atoms with Gasteiger partial charge in [-0.25, -0.2) is 0 Å². The lowest BCUT2D eigenvalue weighted by Gasteiger charge is -2.34. The number of pyridine rings is 1. The van der Waals surface area contributed by atoms with Crippen molar-refractivity contribution in [3.05, 3.63) is 52.0 Å². The first-order chi connectivity index (χ1) is 10.8. The van der Waals surface area contributed by atoms with Crippen molar-refractivity contribution in [3.63, 3.8) is 0 Å². The van der Waals surface area contributed by atoms with Crippen molar-refractivity contribution in [2.24, 2.45) is 0 Å². The Morgan fingerprint density at radius 3 is 2.82 bits per heavy atom. The maximum absolute atomic E-state index is 5.50. The van der Waals surface area contributed by atoms with Gasteiger partial charge in [-0.2, -0.15) is 0 Å². The van der Waals surface area contributed by atoms with Crippen LogP contribution in [0.15, 0.2) is 36.5 Å². The molecule has 1 fully saturated rings. The second-order valence-electron chi connectivity index (χ2n) is 5.56. The van der Waals surface area contributed by atoms with Gasteiger partial charge in [0, 0.05) is 42.1 Å². The van der Waals surface area contributed by atoms with E-state index in [1.54, 1.807) is 0 Å². The van der Waals surface area contributed by atoms with E-state index in [2.05, 4.69) is 40.3 Å². The molecular weight excluding hydrogens is 294 g/mol. The molecule has 1 atom stereocenters. The van der Waals surface area contributed by atoms with Gasteiger partial charge in [-0.3, -0.25) is 9.88 Å². The first kappa shape index (κ1) is 15.6. The number of nitrogens with zero attached hydrogens (tertiary/aromatic N) is 2. The normalized spacial score (nSPS) is 17.5. The summed E-state index contributed by atoms with van der Waals surface area (Å²) in [4.78, 5) is 9.71. The quantitative estimate of drug-likeness (QED) is 0.889. The van der Waals surface area contributed by atoms with E-state index in [1.165, 1.54) is 9.75 Å². The molecule has 1 aliphatic rings. The summed E-state index contributed by atoms with van der Waals surface area (Å²) in [6.45, 7) is 7.61. The maximum Gasteiger partial charge on any atom is 0.0594 e. The number of morpholine rings is 1. The molecule has 2 aromatic heterocycles. The number of rotatable bonds is 6. The maximum atomic E-state index is 5.50. The Morgan fingerprint density at radius 1 is 1.27 bits per heavy atom. The zero-order valence-corrected chi connectivity index (χ0v) is 13.8. The highest BCUT2D eigenvalue weighted by molar-refractivity contribution is 7.12. The van der Waals surface area contributed by atoms with Gasteiger partial charge in [-0.15, -0.1) is 11.3 Å². The molecule has 1 N–H and O–H groups in total. The minimum atomic E-state index is 0.423. The van der Waals surface area contributed by atoms with E-state index in [4.69, 9.17) is 4.74 Å². The average molecular weight is 317 g/mol. The number of hydrogen-bond acceptors (Lipinski definition) is 5. The summed E-state index contributed by atoms with van der Waals surface area (Å²) < 4.78 is 5.50. The zero-order valence-electron chi connectivity index (χ0n) is 13.0. The van der Waals surface area contributed by atoms with E-state index in [1.807, 2.05) is 29.7 Å². The Balaban J connectivity index is 1.63. The molecule has 0 bridgehead atoms. The molecule has 1 aliphatic heterocycles. The Bertz CT molecular complexity index is 566. The van der Waals surface area contributed by atoms with E-state index in [-0.39, 0.29) is 0 Å². The van der Waals surface area contributed by atoms with E-state index in [9.17, 15) is 0 Å². The smallest absolute Gasteiger partial charge is 0.0594 e. The second kappa shape index (κ2) is 7.83. The fraction of sp³-hybridized carbons (Fsp3) is 0.471. The molecule has 5 heteroatoms. The van der Waals surface area contributed by atoms with E-state index < -0.39 is 0 Å². The first-order valence-electron chi connectivity index (χ1n) is 7.82. The van der Waals surface area contributed by atoms with Crippen LogP contribution < -0.4 is 5.32 Å². The Kier molecular flexibility index (Phi) is 5.56. The largest absolute Gasteiger partial charge is 0.379 e. The van der Waals surface area contributed by atoms with Crippen molar-refractivity contribution in [2.45, 2.75) is 19.5 Å². The summed E-state index contributed by atoms with van der Waals surface area (Å²) in [7, 11) is 0. The summed E-state index contributed by atoms with van der Waals surface area (Å²) in [5.41, 5.74) is 1.09. The summed E-state index contributed by atoms with van der Waals surface area (Å²) >= 11 is 1.90. The van der Waals surface area contributed by atoms with Gasteiger partial charge in [-0.05, 0) is 31.2 Å². The SMILES string of the molecule is Cc1ccc([C@H](CNCc2ccccn2)N2CCOCC2)s1. The Hall–Kier alpha value is -1.27. The molecule has 0 unspecified atom stereocenters. The fourth-order valence-corrected chi connectivity index (χ4v) is 3.78. The number of aryl methyl sites for hydroxylation is 1. The monoisotopic (exact) mass is 317 g/mol. The third-order valence-corrected chi connectivity index (χ3v) is 5.05. The Labute approximate surface area is 136 Å². The van der Waals surface area contributed by atoms with Crippen LogP contribution in [-0.4, -0.2) is 42.7 Å². The van der Waals surface area contributed by atoms with Crippen LogP contribution in [0.1, 0.15) is 21.5 Å². The first-order valence-corrected chi connectivity index (χ1v) is 8.63.